The first kappa shape index (κ1) is 17.3. The van der Waals surface area contributed by atoms with E-state index in [-0.39, 0.29) is 18.4 Å². The third-order valence-corrected chi connectivity index (χ3v) is 5.32. The molecule has 1 aromatic carbocycles. The Labute approximate surface area is 145 Å². The topological polar surface area (TPSA) is 52.6 Å². The summed E-state index contributed by atoms with van der Waals surface area (Å²) in [6, 6.07) is 8.47. The predicted octanol–water partition coefficient (Wildman–Crippen LogP) is 3.52. The highest BCUT2D eigenvalue weighted by atomic mass is 16.3. The molecule has 2 atom stereocenters. The van der Waals surface area contributed by atoms with E-state index < -0.39 is 0 Å². The second-order valence-electron chi connectivity index (χ2n) is 7.40. The van der Waals surface area contributed by atoms with Crippen LogP contribution < -0.4 is 5.32 Å². The van der Waals surface area contributed by atoms with Crippen LogP contribution in [0.3, 0.4) is 0 Å². The van der Waals surface area contributed by atoms with Crippen LogP contribution in [0.5, 0.6) is 0 Å². The number of rotatable bonds is 7. The fraction of sp³-hybridized carbons (Fsp3) is 0.650. The number of piperidine rings is 1. The van der Waals surface area contributed by atoms with E-state index in [1.165, 1.54) is 25.7 Å². The van der Waals surface area contributed by atoms with Gasteiger partial charge in [-0.1, -0.05) is 19.4 Å². The van der Waals surface area contributed by atoms with Gasteiger partial charge >= 0.3 is 0 Å². The molecule has 4 heteroatoms. The number of carbonyl (C=O) groups excluding carboxylic acids is 1. The number of hydrogen-bond donors (Lipinski definition) is 2. The van der Waals surface area contributed by atoms with Crippen molar-refractivity contribution in [2.24, 2.45) is 11.8 Å². The lowest BCUT2D eigenvalue weighted by Crippen LogP contribution is -2.40. The summed E-state index contributed by atoms with van der Waals surface area (Å²) in [4.78, 5) is 14.7. The first-order valence-corrected chi connectivity index (χ1v) is 9.48. The molecule has 3 rings (SSSR count). The number of nitrogens with one attached hydrogen (secondary N) is 1. The summed E-state index contributed by atoms with van der Waals surface area (Å²) in [5.74, 6) is 1.12. The molecule has 1 amide bonds. The smallest absolute Gasteiger partial charge is 0.253 e. The highest BCUT2D eigenvalue weighted by Gasteiger charge is 2.30. The van der Waals surface area contributed by atoms with Crippen molar-refractivity contribution in [1.82, 2.24) is 4.90 Å². The van der Waals surface area contributed by atoms with Crippen LogP contribution in [-0.4, -0.2) is 41.7 Å². The van der Waals surface area contributed by atoms with Crippen molar-refractivity contribution in [3.63, 3.8) is 0 Å². The van der Waals surface area contributed by atoms with Gasteiger partial charge in [-0.15, -0.1) is 0 Å². The Bertz CT molecular complexity index is 556. The summed E-state index contributed by atoms with van der Waals surface area (Å²) in [6.07, 6.45) is 7.02. The minimum absolute atomic E-state index is 0.0928. The summed E-state index contributed by atoms with van der Waals surface area (Å²) >= 11 is 0. The SMILES string of the molecule is CCCC(Nc1cccc(C(=O)N2CCCC(CO)C2)c1)C1CC1. The van der Waals surface area contributed by atoms with Gasteiger partial charge in [-0.2, -0.15) is 0 Å². The normalized spacial score (nSPS) is 22.2. The van der Waals surface area contributed by atoms with Crippen LogP contribution in [0.2, 0.25) is 0 Å². The highest BCUT2D eigenvalue weighted by Crippen LogP contribution is 2.36. The molecular weight excluding hydrogens is 300 g/mol. The minimum Gasteiger partial charge on any atom is -0.396 e. The second-order valence-corrected chi connectivity index (χ2v) is 7.40. The van der Waals surface area contributed by atoms with E-state index in [4.69, 9.17) is 0 Å². The van der Waals surface area contributed by atoms with E-state index in [1.807, 2.05) is 23.1 Å². The molecule has 0 bridgehead atoms. The third kappa shape index (κ3) is 4.29. The van der Waals surface area contributed by atoms with Gasteiger partial charge < -0.3 is 15.3 Å². The fourth-order valence-electron chi connectivity index (χ4n) is 3.77. The Kier molecular flexibility index (Phi) is 5.77. The summed E-state index contributed by atoms with van der Waals surface area (Å²) < 4.78 is 0. The summed E-state index contributed by atoms with van der Waals surface area (Å²) in [6.45, 7) is 3.87. The number of aliphatic hydroxyl groups excluding tert-OH is 1. The Balaban J connectivity index is 1.66. The zero-order valence-electron chi connectivity index (χ0n) is 14.7. The van der Waals surface area contributed by atoms with Gasteiger partial charge in [-0.05, 0) is 62.1 Å². The van der Waals surface area contributed by atoms with Crippen molar-refractivity contribution in [3.05, 3.63) is 29.8 Å². The zero-order chi connectivity index (χ0) is 16.9. The van der Waals surface area contributed by atoms with Crippen LogP contribution in [0.25, 0.3) is 0 Å². The molecule has 2 N–H and O–H groups in total. The van der Waals surface area contributed by atoms with Crippen LogP contribution in [0.15, 0.2) is 24.3 Å². The van der Waals surface area contributed by atoms with Gasteiger partial charge in [0.15, 0.2) is 0 Å². The van der Waals surface area contributed by atoms with Crippen LogP contribution >= 0.6 is 0 Å². The first-order chi connectivity index (χ1) is 11.7. The molecule has 1 heterocycles. The van der Waals surface area contributed by atoms with Crippen LogP contribution in [-0.2, 0) is 0 Å². The molecule has 1 aliphatic carbocycles. The largest absolute Gasteiger partial charge is 0.396 e. The van der Waals surface area contributed by atoms with E-state index >= 15 is 0 Å². The summed E-state index contributed by atoms with van der Waals surface area (Å²) in [5, 5.41) is 13.0. The number of benzene rings is 1. The highest BCUT2D eigenvalue weighted by molar-refractivity contribution is 5.95. The van der Waals surface area contributed by atoms with Gasteiger partial charge in [0.2, 0.25) is 0 Å². The van der Waals surface area contributed by atoms with Crippen molar-refractivity contribution in [2.75, 3.05) is 25.0 Å². The summed E-state index contributed by atoms with van der Waals surface area (Å²) in [5.41, 5.74) is 1.81. The van der Waals surface area contributed by atoms with Crippen molar-refractivity contribution < 1.29 is 9.90 Å². The van der Waals surface area contributed by atoms with E-state index in [9.17, 15) is 9.90 Å². The quantitative estimate of drug-likeness (QED) is 0.804. The first-order valence-electron chi connectivity index (χ1n) is 9.48. The minimum atomic E-state index is 0.0928. The molecule has 2 fully saturated rings. The molecule has 1 aromatic rings. The zero-order valence-corrected chi connectivity index (χ0v) is 14.7. The molecule has 4 nitrogen and oxygen atoms in total. The molecule has 1 saturated heterocycles. The average Bonchev–Trinajstić information content (AvgIpc) is 3.46. The van der Waals surface area contributed by atoms with Crippen LogP contribution in [0, 0.1) is 11.8 Å². The van der Waals surface area contributed by atoms with Crippen molar-refractivity contribution in [3.8, 4) is 0 Å². The molecule has 0 spiro atoms. The van der Waals surface area contributed by atoms with Gasteiger partial charge in [0.1, 0.15) is 0 Å². The van der Waals surface area contributed by atoms with Gasteiger partial charge in [0.05, 0.1) is 0 Å². The molecule has 2 aliphatic rings. The second kappa shape index (κ2) is 8.02. The van der Waals surface area contributed by atoms with Crippen LogP contribution in [0.1, 0.15) is 55.8 Å². The van der Waals surface area contributed by atoms with E-state index in [0.29, 0.717) is 12.6 Å². The van der Waals surface area contributed by atoms with E-state index in [2.05, 4.69) is 18.3 Å². The number of likely N-dealkylation sites (tertiary alicyclic amines) is 1. The van der Waals surface area contributed by atoms with Crippen molar-refractivity contribution >= 4 is 11.6 Å². The maximum absolute atomic E-state index is 12.8. The predicted molar refractivity (Wildman–Crippen MR) is 97.2 cm³/mol. The number of aliphatic hydroxyl groups is 1. The average molecular weight is 330 g/mol. The molecular formula is C20H30N2O2. The van der Waals surface area contributed by atoms with Crippen molar-refractivity contribution in [2.45, 2.75) is 51.5 Å². The lowest BCUT2D eigenvalue weighted by atomic mass is 9.98. The van der Waals surface area contributed by atoms with Crippen LogP contribution in [0.4, 0.5) is 5.69 Å². The van der Waals surface area contributed by atoms with Gasteiger partial charge in [-0.3, -0.25) is 4.79 Å². The lowest BCUT2D eigenvalue weighted by molar-refractivity contribution is 0.0621. The number of carbonyl (C=O) groups is 1. The number of amides is 1. The number of hydrogen-bond acceptors (Lipinski definition) is 3. The molecule has 0 radical (unpaired) electrons. The lowest BCUT2D eigenvalue weighted by Gasteiger charge is -2.32. The molecule has 2 unspecified atom stereocenters. The maximum atomic E-state index is 12.8. The monoisotopic (exact) mass is 330 g/mol. The van der Waals surface area contributed by atoms with Gasteiger partial charge in [-0.25, -0.2) is 0 Å². The Morgan fingerprint density at radius 3 is 2.92 bits per heavy atom. The number of nitrogens with zero attached hydrogens (tertiary/aromatic N) is 1. The van der Waals surface area contributed by atoms with E-state index in [0.717, 1.165) is 36.6 Å². The van der Waals surface area contributed by atoms with Gasteiger partial charge in [0, 0.05) is 37.0 Å². The standard InChI is InChI=1S/C20H30N2O2/c1-2-5-19(16-9-10-16)21-18-8-3-7-17(12-18)20(24)22-11-4-6-15(13-22)14-23/h3,7-8,12,15-16,19,21,23H,2,4-6,9-11,13-14H2,1H3. The molecule has 24 heavy (non-hydrogen) atoms. The molecule has 132 valence electrons. The Morgan fingerprint density at radius 2 is 2.21 bits per heavy atom. The molecule has 0 aromatic heterocycles. The molecule has 1 saturated carbocycles. The van der Waals surface area contributed by atoms with Gasteiger partial charge in [0.25, 0.3) is 5.91 Å². The molecule has 1 aliphatic heterocycles. The number of anilines is 1. The fourth-order valence-corrected chi connectivity index (χ4v) is 3.77. The Morgan fingerprint density at radius 1 is 1.38 bits per heavy atom. The third-order valence-electron chi connectivity index (χ3n) is 5.32. The maximum Gasteiger partial charge on any atom is 0.253 e. The summed E-state index contributed by atoms with van der Waals surface area (Å²) in [7, 11) is 0. The van der Waals surface area contributed by atoms with E-state index in [1.54, 1.807) is 0 Å². The van der Waals surface area contributed by atoms with Crippen molar-refractivity contribution in [1.29, 1.82) is 0 Å². The Hall–Kier alpha value is -1.55.